The minimum Gasteiger partial charge on any atom is -0.469 e. The highest BCUT2D eigenvalue weighted by atomic mass is 31.2. The summed E-state index contributed by atoms with van der Waals surface area (Å²) in [5.74, 6) is -0.346. The second kappa shape index (κ2) is 29.6. The van der Waals surface area contributed by atoms with E-state index in [0.717, 1.165) is 12.8 Å². The van der Waals surface area contributed by atoms with Crippen molar-refractivity contribution in [3.8, 4) is 0 Å². The van der Waals surface area contributed by atoms with E-state index in [4.69, 9.17) is 47.4 Å². The van der Waals surface area contributed by atoms with Gasteiger partial charge in [0.05, 0.1) is 40.1 Å². The van der Waals surface area contributed by atoms with Crippen LogP contribution in [0.15, 0.2) is 0 Å². The SMILES string of the molecule is COC(=O)CCCCCCCCO[C@H]1O[C@H](CO[C@H]2O[C@H](CO)[C@@H](O)[C@H](O)[C@@H]2O[C@H]2O[C@H](COP(=O)(O)O)[C@@H](O)[C@H](O)[C@@H]2O)[C@@H](O)[C@H](O[C@H]2O[C@H](CO)[C@@H](O)[C@H](O)[C@@H]2O[C@H]2O[C@H](COP(=O)(O)O)[C@@H](O)[C@H](O)[C@@H]2O)[C@@H]1O. The normalized spacial score (nSPS) is 42.7. The molecule has 5 aliphatic rings. The number of phosphoric acid groups is 2. The predicted molar refractivity (Wildman–Crippen MR) is 236 cm³/mol. The van der Waals surface area contributed by atoms with E-state index in [1.54, 1.807) is 0 Å². The first-order chi connectivity index (χ1) is 35.7. The van der Waals surface area contributed by atoms with Crippen LogP contribution in [-0.2, 0) is 75.1 Å². The van der Waals surface area contributed by atoms with Crippen LogP contribution in [0.25, 0.3) is 0 Å². The van der Waals surface area contributed by atoms with Gasteiger partial charge >= 0.3 is 21.6 Å². The first kappa shape index (κ1) is 65.5. The summed E-state index contributed by atoms with van der Waals surface area (Å²) in [7, 11) is -9.10. The fourth-order valence-corrected chi connectivity index (χ4v) is 9.38. The van der Waals surface area contributed by atoms with Crippen molar-refractivity contribution >= 4 is 21.6 Å². The Kier molecular flexibility index (Phi) is 25.6. The van der Waals surface area contributed by atoms with Crippen LogP contribution < -0.4 is 0 Å². The lowest BCUT2D eigenvalue weighted by Gasteiger charge is -2.49. The van der Waals surface area contributed by atoms with Gasteiger partial charge in [-0.05, 0) is 12.8 Å². The summed E-state index contributed by atoms with van der Waals surface area (Å²) < 4.78 is 93.5. The number of hydrogen-bond acceptors (Lipinski definition) is 30. The maximum atomic E-state index is 11.9. The molecule has 0 aromatic heterocycles. The Morgan fingerprint density at radius 2 is 0.803 bits per heavy atom. The Balaban J connectivity index is 1.39. The van der Waals surface area contributed by atoms with Crippen LogP contribution >= 0.6 is 15.6 Å². The van der Waals surface area contributed by atoms with Crippen LogP contribution in [0.5, 0.6) is 0 Å². The Morgan fingerprint density at radius 3 is 1.28 bits per heavy atom. The van der Waals surface area contributed by atoms with Crippen molar-refractivity contribution in [2.45, 2.75) is 198 Å². The first-order valence-electron chi connectivity index (χ1n) is 24.0. The zero-order chi connectivity index (χ0) is 56.4. The number of aliphatic hydroxyl groups excluding tert-OH is 14. The molecule has 0 unspecified atom stereocenters. The van der Waals surface area contributed by atoms with Gasteiger partial charge in [-0.25, -0.2) is 9.13 Å². The summed E-state index contributed by atoms with van der Waals surface area (Å²) in [6, 6.07) is 0. The van der Waals surface area contributed by atoms with Crippen molar-refractivity contribution in [3.05, 3.63) is 0 Å². The minimum absolute atomic E-state index is 0.115. The fraction of sp³-hybridized carbons (Fsp3) is 0.975. The minimum atomic E-state index is -5.20. The molecular formula is C40H72O34P2. The molecule has 5 heterocycles. The van der Waals surface area contributed by atoms with Crippen molar-refractivity contribution in [3.63, 3.8) is 0 Å². The van der Waals surface area contributed by atoms with E-state index >= 15 is 0 Å². The molecule has 5 saturated heterocycles. The number of carbonyl (C=O) groups excluding carboxylic acids is 1. The van der Waals surface area contributed by atoms with Gasteiger partial charge in [0.15, 0.2) is 31.5 Å². The zero-order valence-electron chi connectivity index (χ0n) is 40.6. The van der Waals surface area contributed by atoms with Gasteiger partial charge in [-0.2, -0.15) is 0 Å². The number of aliphatic hydroxyl groups is 14. The Bertz CT molecular complexity index is 1830. The number of ether oxygens (including phenoxy) is 11. The van der Waals surface area contributed by atoms with E-state index in [-0.39, 0.29) is 19.0 Å². The topological polar surface area (TPSA) is 535 Å². The molecule has 18 N–H and O–H groups in total. The van der Waals surface area contributed by atoms with Gasteiger partial charge in [-0.15, -0.1) is 0 Å². The van der Waals surface area contributed by atoms with Gasteiger partial charge in [0.2, 0.25) is 0 Å². The molecule has 0 aromatic carbocycles. The predicted octanol–water partition coefficient (Wildman–Crippen LogP) is -8.76. The number of esters is 1. The quantitative estimate of drug-likeness (QED) is 0.0206. The Hall–Kier alpha value is -1.27. The lowest BCUT2D eigenvalue weighted by Crippen LogP contribution is -2.67. The number of methoxy groups -OCH3 is 1. The smallest absolute Gasteiger partial charge is 0.469 e. The maximum Gasteiger partial charge on any atom is 0.469 e. The van der Waals surface area contributed by atoms with Crippen LogP contribution in [0.3, 0.4) is 0 Å². The highest BCUT2D eigenvalue weighted by molar-refractivity contribution is 7.46. The number of carbonyl (C=O) groups is 1. The second-order valence-electron chi connectivity index (χ2n) is 18.5. The molecular weight excluding hydrogens is 1090 g/mol. The third-order valence-corrected chi connectivity index (χ3v) is 14.0. The molecule has 76 heavy (non-hydrogen) atoms. The van der Waals surface area contributed by atoms with Crippen molar-refractivity contribution in [1.29, 1.82) is 0 Å². The highest BCUT2D eigenvalue weighted by Crippen LogP contribution is 2.40. The molecule has 0 radical (unpaired) electrons. The summed E-state index contributed by atoms with van der Waals surface area (Å²) in [6.07, 6.45) is -46.0. The Labute approximate surface area is 432 Å². The van der Waals surface area contributed by atoms with Crippen LogP contribution in [-0.4, -0.2) is 297 Å². The maximum absolute atomic E-state index is 11.9. The van der Waals surface area contributed by atoms with E-state index < -0.39 is 202 Å². The molecule has 25 atom stereocenters. The van der Waals surface area contributed by atoms with Crippen molar-refractivity contribution < 1.29 is 166 Å². The molecule has 5 rings (SSSR count). The molecule has 0 aromatic rings. The van der Waals surface area contributed by atoms with Gasteiger partial charge in [0, 0.05) is 13.0 Å². The van der Waals surface area contributed by atoms with Crippen LogP contribution in [0.1, 0.15) is 44.9 Å². The first-order valence-corrected chi connectivity index (χ1v) is 27.1. The van der Waals surface area contributed by atoms with Crippen molar-refractivity contribution in [2.24, 2.45) is 0 Å². The number of hydrogen-bond donors (Lipinski definition) is 18. The van der Waals surface area contributed by atoms with E-state index in [0.29, 0.717) is 25.7 Å². The average molecular weight is 1160 g/mol. The zero-order valence-corrected chi connectivity index (χ0v) is 42.4. The molecule has 446 valence electrons. The molecule has 0 spiro atoms. The van der Waals surface area contributed by atoms with Gasteiger partial charge in [0.25, 0.3) is 0 Å². The summed E-state index contributed by atoms with van der Waals surface area (Å²) in [4.78, 5) is 48.2. The van der Waals surface area contributed by atoms with Gasteiger partial charge in [0.1, 0.15) is 122 Å². The van der Waals surface area contributed by atoms with Crippen LogP contribution in [0, 0.1) is 0 Å². The number of unbranched alkanes of at least 4 members (excludes halogenated alkanes) is 5. The second-order valence-corrected chi connectivity index (χ2v) is 21.0. The van der Waals surface area contributed by atoms with E-state index in [1.807, 2.05) is 0 Å². The number of phosphoric ester groups is 2. The Morgan fingerprint density at radius 1 is 0.408 bits per heavy atom. The van der Waals surface area contributed by atoms with Crippen molar-refractivity contribution in [1.82, 2.24) is 0 Å². The summed E-state index contributed by atoms with van der Waals surface area (Å²) in [6.45, 7) is -5.13. The highest BCUT2D eigenvalue weighted by Gasteiger charge is 2.56. The van der Waals surface area contributed by atoms with E-state index in [2.05, 4.69) is 13.8 Å². The standard InChI is InChI=1S/C40H72O34P2/c1-62-20(43)8-6-4-2-3-5-7-9-63-36-32(55)33(72-40-35(29(52)22(45)16(11-42)68-40)74-38-31(54)27(50)24(47)19(71-38)14-66-76(59,60)61)25(48)17(69-36)12-64-39-34(28(51)21(44)15(10-41)67-39)73-37-30(53)26(49)23(46)18(70-37)13-65-75(56,57)58/h15-19,21-42,44-55H,2-14H2,1H3,(H2,56,57,58)(H2,59,60,61)/t15-,16-,17-,18-,19-,21-,22-,23-,24-,25-,26+,27+,28+,29+,30+,31+,32+,33+,34+,35+,36+,37-,38-,39+,40-/m1/s1. The third kappa shape index (κ3) is 17.6. The fourth-order valence-electron chi connectivity index (χ4n) is 8.69. The van der Waals surface area contributed by atoms with E-state index in [9.17, 15) is 105 Å². The third-order valence-electron chi connectivity index (χ3n) is 13.0. The van der Waals surface area contributed by atoms with Crippen molar-refractivity contribution in [2.75, 3.05) is 46.8 Å². The molecule has 34 nitrogen and oxygen atoms in total. The lowest BCUT2D eigenvalue weighted by atomic mass is 9.96. The van der Waals surface area contributed by atoms with Crippen LogP contribution in [0.4, 0.5) is 0 Å². The monoisotopic (exact) mass is 1160 g/mol. The molecule has 5 fully saturated rings. The molecule has 5 aliphatic heterocycles. The lowest BCUT2D eigenvalue weighted by molar-refractivity contribution is -0.392. The van der Waals surface area contributed by atoms with Gasteiger partial charge < -0.3 is 143 Å². The molecule has 0 bridgehead atoms. The van der Waals surface area contributed by atoms with Crippen LogP contribution in [0.2, 0.25) is 0 Å². The number of rotatable bonds is 27. The molecule has 0 amide bonds. The summed E-state index contributed by atoms with van der Waals surface area (Å²) in [5, 5.41) is 152. The largest absolute Gasteiger partial charge is 0.469 e. The van der Waals surface area contributed by atoms with Gasteiger partial charge in [-0.3, -0.25) is 13.8 Å². The molecule has 0 aliphatic carbocycles. The molecule has 0 saturated carbocycles. The molecule has 36 heteroatoms. The summed E-state index contributed by atoms with van der Waals surface area (Å²) in [5.41, 5.74) is 0. The average Bonchev–Trinajstić information content (AvgIpc) is 3.37. The van der Waals surface area contributed by atoms with Gasteiger partial charge in [-0.1, -0.05) is 25.7 Å². The summed E-state index contributed by atoms with van der Waals surface area (Å²) >= 11 is 0. The van der Waals surface area contributed by atoms with E-state index in [1.165, 1.54) is 7.11 Å².